The van der Waals surface area contributed by atoms with E-state index in [1.807, 2.05) is 0 Å². The second-order valence-electron chi connectivity index (χ2n) is 12.5. The van der Waals surface area contributed by atoms with Crippen LogP contribution in [-0.2, 0) is 0 Å². The summed E-state index contributed by atoms with van der Waals surface area (Å²) in [6.45, 7) is 30.8. The molecule has 0 nitrogen and oxygen atoms in total. The fourth-order valence-electron chi connectivity index (χ4n) is 6.95. The number of aryl methyl sites for hydroxylation is 1. The predicted molar refractivity (Wildman–Crippen MR) is 165 cm³/mol. The van der Waals surface area contributed by atoms with E-state index >= 15 is 0 Å². The highest BCUT2D eigenvalue weighted by atomic mass is 28.3. The van der Waals surface area contributed by atoms with Crippen LogP contribution in [0.5, 0.6) is 0 Å². The zero-order chi connectivity index (χ0) is 26.7. The van der Waals surface area contributed by atoms with Crippen molar-refractivity contribution in [3.8, 4) is 22.9 Å². The van der Waals surface area contributed by atoms with Gasteiger partial charge in [-0.05, 0) is 62.6 Å². The van der Waals surface area contributed by atoms with Crippen molar-refractivity contribution in [2.75, 3.05) is 0 Å². The average molecular weight is 503 g/mol. The third-order valence-electron chi connectivity index (χ3n) is 8.82. The third kappa shape index (κ3) is 5.50. The van der Waals surface area contributed by atoms with Gasteiger partial charge >= 0.3 is 0 Å². The Morgan fingerprint density at radius 3 is 1.37 bits per heavy atom. The SMILES string of the molecule is Cc1ccc2c(C#C[Si](C(C)C)(C(C)C)C(C)C)cccc2c1C#C[Si](C(C)C)(C(C)C)C(C)C. The van der Waals surface area contributed by atoms with Crippen molar-refractivity contribution in [3.05, 3.63) is 47.0 Å². The highest BCUT2D eigenvalue weighted by Gasteiger charge is 2.42. The van der Waals surface area contributed by atoms with Gasteiger partial charge in [0.1, 0.15) is 16.1 Å². The Hall–Kier alpha value is -1.75. The lowest BCUT2D eigenvalue weighted by atomic mass is 9.97. The second-order valence-corrected chi connectivity index (χ2v) is 23.6. The van der Waals surface area contributed by atoms with Gasteiger partial charge in [0.05, 0.1) is 0 Å². The normalized spacial score (nSPS) is 12.7. The molecular formula is C33H50Si2. The molecule has 0 aliphatic carbocycles. The van der Waals surface area contributed by atoms with Crippen molar-refractivity contribution in [2.45, 2.75) is 123 Å². The van der Waals surface area contributed by atoms with Crippen LogP contribution in [-0.4, -0.2) is 16.1 Å². The van der Waals surface area contributed by atoms with Crippen LogP contribution in [0.3, 0.4) is 0 Å². The van der Waals surface area contributed by atoms with E-state index in [-0.39, 0.29) is 0 Å². The first-order chi connectivity index (χ1) is 16.2. The van der Waals surface area contributed by atoms with Crippen molar-refractivity contribution < 1.29 is 0 Å². The Balaban J connectivity index is 2.79. The molecule has 0 N–H and O–H groups in total. The first kappa shape index (κ1) is 29.5. The smallest absolute Gasteiger partial charge is 0.125 e. The van der Waals surface area contributed by atoms with E-state index in [2.05, 4.69) is 143 Å². The number of rotatable bonds is 6. The summed E-state index contributed by atoms with van der Waals surface area (Å²) >= 11 is 0. The molecule has 0 heterocycles. The summed E-state index contributed by atoms with van der Waals surface area (Å²) < 4.78 is 0. The first-order valence-corrected chi connectivity index (χ1v) is 18.3. The molecular weight excluding hydrogens is 453 g/mol. The van der Waals surface area contributed by atoms with Gasteiger partial charge < -0.3 is 0 Å². The van der Waals surface area contributed by atoms with Gasteiger partial charge in [0.25, 0.3) is 0 Å². The summed E-state index contributed by atoms with van der Waals surface area (Å²) in [6, 6.07) is 11.1. The molecule has 0 aliphatic rings. The van der Waals surface area contributed by atoms with Crippen LogP contribution in [0, 0.1) is 29.9 Å². The van der Waals surface area contributed by atoms with Crippen LogP contribution < -0.4 is 0 Å². The standard InChI is InChI=1S/C33H50Si2/c1-23(2)34(24(3)4,25(5)6)21-19-30-15-14-16-33-31(29(13)17-18-32(30)33)20-22-35(26(7)8,27(9)10)28(11)12/h14-18,23-28H,1-13H3. The summed E-state index contributed by atoms with van der Waals surface area (Å²) in [7, 11) is -3.58. The van der Waals surface area contributed by atoms with Gasteiger partial charge in [-0.2, -0.15) is 0 Å². The van der Waals surface area contributed by atoms with Crippen LogP contribution >= 0.6 is 0 Å². The van der Waals surface area contributed by atoms with E-state index in [4.69, 9.17) is 0 Å². The van der Waals surface area contributed by atoms with Gasteiger partial charge in [0.15, 0.2) is 0 Å². The van der Waals surface area contributed by atoms with Crippen molar-refractivity contribution in [2.24, 2.45) is 0 Å². The molecule has 190 valence electrons. The lowest BCUT2D eigenvalue weighted by Gasteiger charge is -2.38. The summed E-state index contributed by atoms with van der Waals surface area (Å²) in [4.78, 5) is 0. The molecule has 0 fully saturated rings. The average Bonchev–Trinajstić information content (AvgIpc) is 2.74. The van der Waals surface area contributed by atoms with Crippen molar-refractivity contribution >= 4 is 26.9 Å². The third-order valence-corrected chi connectivity index (χ3v) is 21.4. The van der Waals surface area contributed by atoms with Crippen LogP contribution in [0.4, 0.5) is 0 Å². The predicted octanol–water partition coefficient (Wildman–Crippen LogP) is 10.3. The zero-order valence-corrected chi connectivity index (χ0v) is 26.9. The van der Waals surface area contributed by atoms with Gasteiger partial charge in [-0.15, -0.1) is 11.1 Å². The highest BCUT2D eigenvalue weighted by molar-refractivity contribution is 6.91. The molecule has 0 atom stereocenters. The van der Waals surface area contributed by atoms with Crippen molar-refractivity contribution in [1.29, 1.82) is 0 Å². The maximum absolute atomic E-state index is 3.96. The summed E-state index contributed by atoms with van der Waals surface area (Å²) in [5, 5.41) is 2.51. The van der Waals surface area contributed by atoms with Gasteiger partial charge in [-0.25, -0.2) is 0 Å². The van der Waals surface area contributed by atoms with Gasteiger partial charge in [0, 0.05) is 11.1 Å². The van der Waals surface area contributed by atoms with E-state index in [0.29, 0.717) is 33.2 Å². The molecule has 0 amide bonds. The summed E-state index contributed by atoms with van der Waals surface area (Å²) in [5.41, 5.74) is 15.3. The molecule has 35 heavy (non-hydrogen) atoms. The Kier molecular flexibility index (Phi) is 9.72. The molecule has 0 saturated heterocycles. The maximum atomic E-state index is 3.96. The fourth-order valence-corrected chi connectivity index (χ4v) is 17.4. The lowest BCUT2D eigenvalue weighted by Crippen LogP contribution is -2.43. The number of fused-ring (bicyclic) bond motifs is 1. The minimum Gasteiger partial charge on any atom is -0.125 e. The molecule has 0 unspecified atom stereocenters. The zero-order valence-electron chi connectivity index (χ0n) is 24.9. The summed E-state index contributed by atoms with van der Waals surface area (Å²) in [6.07, 6.45) is 0. The van der Waals surface area contributed by atoms with E-state index in [1.165, 1.54) is 21.9 Å². The maximum Gasteiger partial charge on any atom is 0.146 e. The first-order valence-electron chi connectivity index (χ1n) is 13.8. The molecule has 2 aromatic rings. The molecule has 0 aliphatic heterocycles. The van der Waals surface area contributed by atoms with Crippen molar-refractivity contribution in [3.63, 3.8) is 0 Å². The number of hydrogen-bond donors (Lipinski definition) is 0. The molecule has 2 heteroatoms. The molecule has 0 bridgehead atoms. The van der Waals surface area contributed by atoms with Crippen LogP contribution in [0.15, 0.2) is 30.3 Å². The largest absolute Gasteiger partial charge is 0.146 e. The minimum atomic E-state index is -1.80. The number of hydrogen-bond acceptors (Lipinski definition) is 0. The Morgan fingerprint density at radius 1 is 0.514 bits per heavy atom. The number of benzene rings is 2. The molecule has 0 radical (unpaired) electrons. The van der Waals surface area contributed by atoms with E-state index < -0.39 is 16.1 Å². The second kappa shape index (κ2) is 11.5. The fraction of sp³-hybridized carbons (Fsp3) is 0.576. The molecule has 0 aromatic heterocycles. The van der Waals surface area contributed by atoms with E-state index in [1.54, 1.807) is 0 Å². The Morgan fingerprint density at radius 2 is 0.943 bits per heavy atom. The van der Waals surface area contributed by atoms with Crippen molar-refractivity contribution in [1.82, 2.24) is 0 Å². The van der Waals surface area contributed by atoms with E-state index in [0.717, 1.165) is 5.56 Å². The summed E-state index contributed by atoms with van der Waals surface area (Å²) in [5.74, 6) is 7.49. The topological polar surface area (TPSA) is 0 Å². The highest BCUT2D eigenvalue weighted by Crippen LogP contribution is 2.42. The van der Waals surface area contributed by atoms with Crippen LogP contribution in [0.2, 0.25) is 33.2 Å². The quantitative estimate of drug-likeness (QED) is 0.272. The van der Waals surface area contributed by atoms with Gasteiger partial charge in [-0.3, -0.25) is 0 Å². The monoisotopic (exact) mass is 502 g/mol. The molecule has 2 rings (SSSR count). The molecule has 0 saturated carbocycles. The Bertz CT molecular complexity index is 1100. The minimum absolute atomic E-state index is 0.632. The molecule has 2 aromatic carbocycles. The molecule has 0 spiro atoms. The van der Waals surface area contributed by atoms with E-state index in [9.17, 15) is 0 Å². The lowest BCUT2D eigenvalue weighted by molar-refractivity contribution is 0.838. The Labute approximate surface area is 219 Å². The van der Waals surface area contributed by atoms with Gasteiger partial charge in [-0.1, -0.05) is 119 Å². The van der Waals surface area contributed by atoms with Crippen LogP contribution in [0.25, 0.3) is 10.8 Å². The van der Waals surface area contributed by atoms with Gasteiger partial charge in [0.2, 0.25) is 0 Å². The van der Waals surface area contributed by atoms with Crippen LogP contribution in [0.1, 0.15) is 99.8 Å².